The molecule has 0 saturated carbocycles. The van der Waals surface area contributed by atoms with Crippen molar-refractivity contribution in [3.05, 3.63) is 47.5 Å². The summed E-state index contributed by atoms with van der Waals surface area (Å²) in [7, 11) is 0. The highest BCUT2D eigenvalue weighted by atomic mass is 19.2. The largest absolute Gasteiger partial charge is 0.356 e. The average molecular weight is 391 g/mol. The van der Waals surface area contributed by atoms with Gasteiger partial charge in [-0.2, -0.15) is 0 Å². The van der Waals surface area contributed by atoms with E-state index in [2.05, 4.69) is 14.9 Å². The lowest BCUT2D eigenvalue weighted by Gasteiger charge is -2.36. The molecule has 2 aromatic rings. The van der Waals surface area contributed by atoms with Gasteiger partial charge in [-0.15, -0.1) is 0 Å². The molecule has 0 aliphatic carbocycles. The molecule has 0 spiro atoms. The topological polar surface area (TPSA) is 75.3 Å². The van der Waals surface area contributed by atoms with E-state index in [9.17, 15) is 18.0 Å². The van der Waals surface area contributed by atoms with Crippen LogP contribution in [0.3, 0.4) is 0 Å². The SMILES string of the molecule is N[C@H]1CN(c2cc(N3CCCC3)ncn2)C(=O)C[C@@H]1c1cc(F)c(F)cc1F. The molecule has 2 aliphatic rings. The van der Waals surface area contributed by atoms with Crippen LogP contribution in [-0.4, -0.2) is 41.6 Å². The first-order chi connectivity index (χ1) is 13.4. The molecule has 0 radical (unpaired) electrons. The monoisotopic (exact) mass is 391 g/mol. The Balaban J connectivity index is 1.57. The van der Waals surface area contributed by atoms with Gasteiger partial charge in [0.25, 0.3) is 0 Å². The van der Waals surface area contributed by atoms with Gasteiger partial charge < -0.3 is 10.6 Å². The molecular weight excluding hydrogens is 371 g/mol. The van der Waals surface area contributed by atoms with Crippen molar-refractivity contribution in [2.45, 2.75) is 31.2 Å². The van der Waals surface area contributed by atoms with Crippen LogP contribution in [0.2, 0.25) is 0 Å². The van der Waals surface area contributed by atoms with Crippen LogP contribution in [0, 0.1) is 17.5 Å². The van der Waals surface area contributed by atoms with Gasteiger partial charge in [-0.3, -0.25) is 9.69 Å². The number of nitrogens with zero attached hydrogens (tertiary/aromatic N) is 4. The van der Waals surface area contributed by atoms with E-state index in [-0.39, 0.29) is 24.4 Å². The number of aromatic nitrogens is 2. The molecule has 28 heavy (non-hydrogen) atoms. The molecule has 0 bridgehead atoms. The fourth-order valence-corrected chi connectivity index (χ4v) is 3.88. The summed E-state index contributed by atoms with van der Waals surface area (Å²) in [4.78, 5) is 24.8. The average Bonchev–Trinajstić information content (AvgIpc) is 3.21. The molecule has 0 unspecified atom stereocenters. The Morgan fingerprint density at radius 3 is 2.39 bits per heavy atom. The van der Waals surface area contributed by atoms with Crippen LogP contribution in [0.4, 0.5) is 24.8 Å². The molecule has 1 amide bonds. The summed E-state index contributed by atoms with van der Waals surface area (Å²) in [5.74, 6) is -3.20. The van der Waals surface area contributed by atoms with E-state index < -0.39 is 29.4 Å². The lowest BCUT2D eigenvalue weighted by Crippen LogP contribution is -2.51. The van der Waals surface area contributed by atoms with E-state index in [1.54, 1.807) is 6.07 Å². The highest BCUT2D eigenvalue weighted by molar-refractivity contribution is 5.94. The van der Waals surface area contributed by atoms with Crippen molar-refractivity contribution in [3.8, 4) is 0 Å². The fraction of sp³-hybridized carbons (Fsp3) is 0.421. The van der Waals surface area contributed by atoms with Gasteiger partial charge in [0, 0.05) is 50.1 Å². The maximum Gasteiger partial charge on any atom is 0.228 e. The van der Waals surface area contributed by atoms with Crippen LogP contribution in [-0.2, 0) is 4.79 Å². The van der Waals surface area contributed by atoms with Crippen molar-refractivity contribution < 1.29 is 18.0 Å². The third-order valence-corrected chi connectivity index (χ3v) is 5.39. The Morgan fingerprint density at radius 2 is 1.64 bits per heavy atom. The molecule has 148 valence electrons. The zero-order chi connectivity index (χ0) is 19.8. The van der Waals surface area contributed by atoms with Gasteiger partial charge in [0.15, 0.2) is 11.6 Å². The molecule has 4 rings (SSSR count). The summed E-state index contributed by atoms with van der Waals surface area (Å²) >= 11 is 0. The standard InChI is InChI=1S/C19H20F3N5O/c20-13-7-15(22)14(21)5-11(13)12-6-19(28)27(9-16(12)23)18-8-17(24-10-25-18)26-3-1-2-4-26/h5,7-8,10,12,16H,1-4,6,9,23H2/t12-,16+/m1/s1. The summed E-state index contributed by atoms with van der Waals surface area (Å²) in [5.41, 5.74) is 6.10. The Labute approximate surface area is 160 Å². The number of carbonyl (C=O) groups excluding carboxylic acids is 1. The van der Waals surface area contributed by atoms with Crippen LogP contribution in [0.5, 0.6) is 0 Å². The van der Waals surface area contributed by atoms with Gasteiger partial charge in [0.1, 0.15) is 23.8 Å². The number of carbonyl (C=O) groups is 1. The molecular formula is C19H20F3N5O. The number of hydrogen-bond acceptors (Lipinski definition) is 5. The summed E-state index contributed by atoms with van der Waals surface area (Å²) in [6, 6.07) is 2.37. The van der Waals surface area contributed by atoms with Crippen molar-refractivity contribution in [2.75, 3.05) is 29.4 Å². The summed E-state index contributed by atoms with van der Waals surface area (Å²) in [6.07, 6.45) is 3.47. The first kappa shape index (κ1) is 18.7. The van der Waals surface area contributed by atoms with Gasteiger partial charge in [-0.1, -0.05) is 0 Å². The van der Waals surface area contributed by atoms with Crippen molar-refractivity contribution in [3.63, 3.8) is 0 Å². The Hall–Kier alpha value is -2.68. The number of rotatable bonds is 3. The summed E-state index contributed by atoms with van der Waals surface area (Å²) in [5, 5.41) is 0. The molecule has 1 aromatic heterocycles. The smallest absolute Gasteiger partial charge is 0.228 e. The summed E-state index contributed by atoms with van der Waals surface area (Å²) in [6.45, 7) is 1.90. The summed E-state index contributed by atoms with van der Waals surface area (Å²) < 4.78 is 40.9. The Kier molecular flexibility index (Phi) is 4.92. The van der Waals surface area contributed by atoms with E-state index in [4.69, 9.17) is 5.73 Å². The van der Waals surface area contributed by atoms with Crippen molar-refractivity contribution >= 4 is 17.5 Å². The number of benzene rings is 1. The maximum atomic E-state index is 14.1. The molecule has 2 N–H and O–H groups in total. The molecule has 2 aliphatic heterocycles. The van der Waals surface area contributed by atoms with Gasteiger partial charge in [-0.05, 0) is 24.5 Å². The highest BCUT2D eigenvalue weighted by Gasteiger charge is 2.36. The molecule has 1 aromatic carbocycles. The molecule has 2 fully saturated rings. The van der Waals surface area contributed by atoms with Crippen molar-refractivity contribution in [1.29, 1.82) is 0 Å². The van der Waals surface area contributed by atoms with Gasteiger partial charge in [0.05, 0.1) is 0 Å². The first-order valence-corrected chi connectivity index (χ1v) is 9.21. The molecule has 2 atom stereocenters. The second kappa shape index (κ2) is 7.38. The lowest BCUT2D eigenvalue weighted by atomic mass is 9.85. The maximum absolute atomic E-state index is 14.1. The third kappa shape index (κ3) is 3.42. The minimum Gasteiger partial charge on any atom is -0.356 e. The Morgan fingerprint density at radius 1 is 0.964 bits per heavy atom. The van der Waals surface area contributed by atoms with Gasteiger partial charge in [-0.25, -0.2) is 23.1 Å². The van der Waals surface area contributed by atoms with Crippen LogP contribution >= 0.6 is 0 Å². The number of hydrogen-bond donors (Lipinski definition) is 1. The second-order valence-electron chi connectivity index (χ2n) is 7.20. The zero-order valence-electron chi connectivity index (χ0n) is 15.1. The van der Waals surface area contributed by atoms with Crippen molar-refractivity contribution in [1.82, 2.24) is 9.97 Å². The number of nitrogens with two attached hydrogens (primary N) is 1. The van der Waals surface area contributed by atoms with E-state index >= 15 is 0 Å². The van der Waals surface area contributed by atoms with E-state index in [1.807, 2.05) is 0 Å². The van der Waals surface area contributed by atoms with E-state index in [0.717, 1.165) is 37.8 Å². The van der Waals surface area contributed by atoms with Crippen LogP contribution < -0.4 is 15.5 Å². The normalized spacial score (nSPS) is 22.8. The zero-order valence-corrected chi connectivity index (χ0v) is 15.1. The highest BCUT2D eigenvalue weighted by Crippen LogP contribution is 2.33. The van der Waals surface area contributed by atoms with Crippen LogP contribution in [0.25, 0.3) is 0 Å². The third-order valence-electron chi connectivity index (χ3n) is 5.39. The first-order valence-electron chi connectivity index (χ1n) is 9.21. The minimum absolute atomic E-state index is 0.0835. The van der Waals surface area contributed by atoms with E-state index in [1.165, 1.54) is 11.2 Å². The molecule has 9 heteroatoms. The lowest BCUT2D eigenvalue weighted by molar-refractivity contribution is -0.120. The number of halogens is 3. The number of anilines is 2. The molecule has 2 saturated heterocycles. The molecule has 6 nitrogen and oxygen atoms in total. The number of piperidine rings is 1. The molecule has 3 heterocycles. The number of amides is 1. The van der Waals surface area contributed by atoms with Crippen LogP contribution in [0.1, 0.15) is 30.7 Å². The quantitative estimate of drug-likeness (QED) is 0.813. The van der Waals surface area contributed by atoms with Gasteiger partial charge in [0.2, 0.25) is 5.91 Å². The Bertz CT molecular complexity index is 903. The predicted molar refractivity (Wildman–Crippen MR) is 97.5 cm³/mol. The second-order valence-corrected chi connectivity index (χ2v) is 7.20. The van der Waals surface area contributed by atoms with E-state index in [0.29, 0.717) is 11.9 Å². The van der Waals surface area contributed by atoms with Crippen molar-refractivity contribution in [2.24, 2.45) is 5.73 Å². The minimum atomic E-state index is -1.27. The predicted octanol–water partition coefficient (Wildman–Crippen LogP) is 2.34. The fourth-order valence-electron chi connectivity index (χ4n) is 3.88. The van der Waals surface area contributed by atoms with Gasteiger partial charge >= 0.3 is 0 Å². The van der Waals surface area contributed by atoms with Crippen LogP contribution in [0.15, 0.2) is 24.5 Å².